The molecule has 0 bridgehead atoms. The van der Waals surface area contributed by atoms with Crippen LogP contribution in [0.15, 0.2) is 18.2 Å². The van der Waals surface area contributed by atoms with Crippen LogP contribution in [0.1, 0.15) is 11.6 Å². The van der Waals surface area contributed by atoms with Crippen molar-refractivity contribution in [1.82, 2.24) is 9.80 Å². The molecule has 0 saturated carbocycles. The number of nitrogens with zero attached hydrogens (tertiary/aromatic N) is 2. The minimum Gasteiger partial charge on any atom is -0.493 e. The van der Waals surface area contributed by atoms with Gasteiger partial charge in [-0.25, -0.2) is 0 Å². The number of rotatable bonds is 7. The lowest BCUT2D eigenvalue weighted by Crippen LogP contribution is -2.45. The molecule has 0 spiro atoms. The van der Waals surface area contributed by atoms with Gasteiger partial charge in [-0.15, -0.1) is 0 Å². The SMILES string of the molecule is COc1cc([C@@H](N)CO)ccc1OCCN1CCN(C)CC1. The lowest BCUT2D eigenvalue weighted by Gasteiger charge is -2.32. The lowest BCUT2D eigenvalue weighted by molar-refractivity contribution is 0.133. The van der Waals surface area contributed by atoms with Crippen molar-refractivity contribution in [2.45, 2.75) is 6.04 Å². The molecule has 1 aliphatic heterocycles. The molecule has 6 nitrogen and oxygen atoms in total. The summed E-state index contributed by atoms with van der Waals surface area (Å²) in [6, 6.07) is 5.15. The molecule has 3 N–H and O–H groups in total. The highest BCUT2D eigenvalue weighted by atomic mass is 16.5. The highest BCUT2D eigenvalue weighted by molar-refractivity contribution is 5.43. The van der Waals surface area contributed by atoms with Crippen molar-refractivity contribution in [1.29, 1.82) is 0 Å². The number of methoxy groups -OCH3 is 1. The van der Waals surface area contributed by atoms with Gasteiger partial charge in [0.15, 0.2) is 11.5 Å². The first-order chi connectivity index (χ1) is 10.6. The normalized spacial score (nSPS) is 18.2. The highest BCUT2D eigenvalue weighted by Gasteiger charge is 2.14. The maximum absolute atomic E-state index is 9.12. The zero-order valence-corrected chi connectivity index (χ0v) is 13.5. The summed E-state index contributed by atoms with van der Waals surface area (Å²) in [4.78, 5) is 4.74. The fraction of sp³-hybridized carbons (Fsp3) is 0.625. The highest BCUT2D eigenvalue weighted by Crippen LogP contribution is 2.29. The minimum atomic E-state index is -0.395. The van der Waals surface area contributed by atoms with Crippen LogP contribution in [0.3, 0.4) is 0 Å². The van der Waals surface area contributed by atoms with E-state index < -0.39 is 6.04 Å². The van der Waals surface area contributed by atoms with Gasteiger partial charge in [-0.1, -0.05) is 6.07 Å². The quantitative estimate of drug-likeness (QED) is 0.755. The molecule has 0 radical (unpaired) electrons. The van der Waals surface area contributed by atoms with Gasteiger partial charge >= 0.3 is 0 Å². The molecule has 1 aliphatic rings. The molecule has 0 aromatic heterocycles. The van der Waals surface area contributed by atoms with Crippen molar-refractivity contribution in [3.05, 3.63) is 23.8 Å². The van der Waals surface area contributed by atoms with Crippen molar-refractivity contribution in [2.75, 3.05) is 60.1 Å². The van der Waals surface area contributed by atoms with Crippen LogP contribution >= 0.6 is 0 Å². The molecule has 1 saturated heterocycles. The second kappa shape index (κ2) is 8.33. The van der Waals surface area contributed by atoms with Crippen molar-refractivity contribution in [3.63, 3.8) is 0 Å². The van der Waals surface area contributed by atoms with Gasteiger partial charge in [0.05, 0.1) is 19.8 Å². The van der Waals surface area contributed by atoms with E-state index in [2.05, 4.69) is 16.8 Å². The second-order valence-corrected chi connectivity index (χ2v) is 5.69. The second-order valence-electron chi connectivity index (χ2n) is 5.69. The number of likely N-dealkylation sites (N-methyl/N-ethyl adjacent to an activating group) is 1. The predicted octanol–water partition coefficient (Wildman–Crippen LogP) is 0.314. The Labute approximate surface area is 132 Å². The molecule has 1 heterocycles. The third kappa shape index (κ3) is 4.58. The fourth-order valence-electron chi connectivity index (χ4n) is 2.50. The number of hydrogen-bond donors (Lipinski definition) is 2. The van der Waals surface area contributed by atoms with E-state index >= 15 is 0 Å². The zero-order valence-electron chi connectivity index (χ0n) is 13.5. The summed E-state index contributed by atoms with van der Waals surface area (Å²) < 4.78 is 11.2. The summed E-state index contributed by atoms with van der Waals surface area (Å²) in [5.74, 6) is 1.37. The van der Waals surface area contributed by atoms with E-state index in [4.69, 9.17) is 20.3 Å². The number of aliphatic hydroxyl groups is 1. The van der Waals surface area contributed by atoms with Crippen molar-refractivity contribution < 1.29 is 14.6 Å². The molecular formula is C16H27N3O3. The van der Waals surface area contributed by atoms with Crippen LogP contribution in [0, 0.1) is 0 Å². The smallest absolute Gasteiger partial charge is 0.161 e. The van der Waals surface area contributed by atoms with E-state index in [9.17, 15) is 0 Å². The van der Waals surface area contributed by atoms with E-state index in [0.29, 0.717) is 18.1 Å². The Kier molecular flexibility index (Phi) is 6.45. The number of benzene rings is 1. The molecule has 124 valence electrons. The standard InChI is InChI=1S/C16H27N3O3/c1-18-5-7-19(8-6-18)9-10-22-15-4-3-13(14(17)12-20)11-16(15)21-2/h3-4,11,14,20H,5-10,12,17H2,1-2H3/t14-/m0/s1. The van der Waals surface area contributed by atoms with Crippen LogP contribution in [0.5, 0.6) is 11.5 Å². The third-order valence-electron chi connectivity index (χ3n) is 4.07. The Morgan fingerprint density at radius 3 is 2.59 bits per heavy atom. The molecule has 6 heteroatoms. The molecule has 1 atom stereocenters. The number of nitrogens with two attached hydrogens (primary N) is 1. The monoisotopic (exact) mass is 309 g/mol. The van der Waals surface area contributed by atoms with Gasteiger partial charge in [-0.2, -0.15) is 0 Å². The van der Waals surface area contributed by atoms with Gasteiger partial charge in [0.2, 0.25) is 0 Å². The maximum Gasteiger partial charge on any atom is 0.161 e. The molecule has 0 aliphatic carbocycles. The summed E-state index contributed by atoms with van der Waals surface area (Å²) >= 11 is 0. The largest absolute Gasteiger partial charge is 0.493 e. The molecule has 0 amide bonds. The van der Waals surface area contributed by atoms with Crippen LogP contribution in [0.25, 0.3) is 0 Å². The van der Waals surface area contributed by atoms with E-state index in [0.717, 1.165) is 38.3 Å². The van der Waals surface area contributed by atoms with Gasteiger partial charge < -0.3 is 25.2 Å². The summed E-state index contributed by atoms with van der Waals surface area (Å²) in [5.41, 5.74) is 6.66. The van der Waals surface area contributed by atoms with Crippen LogP contribution < -0.4 is 15.2 Å². The lowest BCUT2D eigenvalue weighted by atomic mass is 10.1. The van der Waals surface area contributed by atoms with Crippen LogP contribution in [0.2, 0.25) is 0 Å². The first-order valence-electron chi connectivity index (χ1n) is 7.72. The van der Waals surface area contributed by atoms with Crippen molar-refractivity contribution in [3.8, 4) is 11.5 Å². The van der Waals surface area contributed by atoms with Gasteiger partial charge in [-0.05, 0) is 24.7 Å². The Bertz CT molecular complexity index is 462. The Balaban J connectivity index is 1.86. The Morgan fingerprint density at radius 2 is 1.95 bits per heavy atom. The van der Waals surface area contributed by atoms with Crippen LogP contribution in [-0.2, 0) is 0 Å². The average Bonchev–Trinajstić information content (AvgIpc) is 2.56. The molecular weight excluding hydrogens is 282 g/mol. The number of piperazine rings is 1. The third-order valence-corrected chi connectivity index (χ3v) is 4.07. The van der Waals surface area contributed by atoms with E-state index in [1.165, 1.54) is 0 Å². The maximum atomic E-state index is 9.12. The molecule has 1 fully saturated rings. The van der Waals surface area contributed by atoms with Crippen molar-refractivity contribution in [2.24, 2.45) is 5.73 Å². The number of ether oxygens (including phenoxy) is 2. The zero-order chi connectivity index (χ0) is 15.9. The summed E-state index contributed by atoms with van der Waals surface area (Å²) in [6.45, 7) is 5.84. The average molecular weight is 309 g/mol. The van der Waals surface area contributed by atoms with Gasteiger partial charge in [-0.3, -0.25) is 4.90 Å². The van der Waals surface area contributed by atoms with E-state index in [-0.39, 0.29) is 6.61 Å². The molecule has 2 rings (SSSR count). The molecule has 22 heavy (non-hydrogen) atoms. The fourth-order valence-corrected chi connectivity index (χ4v) is 2.50. The first kappa shape index (κ1) is 17.0. The Morgan fingerprint density at radius 1 is 1.23 bits per heavy atom. The molecule has 1 aromatic rings. The topological polar surface area (TPSA) is 71.2 Å². The van der Waals surface area contributed by atoms with Gasteiger partial charge in [0, 0.05) is 32.7 Å². The summed E-state index contributed by atoms with van der Waals surface area (Å²) in [5, 5.41) is 9.12. The summed E-state index contributed by atoms with van der Waals surface area (Å²) in [7, 11) is 3.76. The minimum absolute atomic E-state index is 0.0905. The van der Waals surface area contributed by atoms with Gasteiger partial charge in [0.25, 0.3) is 0 Å². The predicted molar refractivity (Wildman–Crippen MR) is 86.4 cm³/mol. The molecule has 0 unspecified atom stereocenters. The molecule has 1 aromatic carbocycles. The van der Waals surface area contributed by atoms with Crippen LogP contribution in [0.4, 0.5) is 0 Å². The summed E-state index contributed by atoms with van der Waals surface area (Å²) in [6.07, 6.45) is 0. The Hall–Kier alpha value is -1.34. The van der Waals surface area contributed by atoms with Crippen molar-refractivity contribution >= 4 is 0 Å². The first-order valence-corrected chi connectivity index (χ1v) is 7.72. The number of aliphatic hydroxyl groups excluding tert-OH is 1. The van der Waals surface area contributed by atoms with Crippen LogP contribution in [-0.4, -0.2) is 75.0 Å². The van der Waals surface area contributed by atoms with E-state index in [1.54, 1.807) is 7.11 Å². The van der Waals surface area contributed by atoms with Gasteiger partial charge in [0.1, 0.15) is 6.61 Å². The van der Waals surface area contributed by atoms with E-state index in [1.807, 2.05) is 18.2 Å². The number of hydrogen-bond acceptors (Lipinski definition) is 6.